The first-order chi connectivity index (χ1) is 12.5. The molecule has 4 heteroatoms. The highest BCUT2D eigenvalue weighted by Gasteiger charge is 2.57. The summed E-state index contributed by atoms with van der Waals surface area (Å²) in [5, 5.41) is 0. The van der Waals surface area contributed by atoms with Crippen molar-refractivity contribution in [1.29, 1.82) is 0 Å². The van der Waals surface area contributed by atoms with E-state index < -0.39 is 0 Å². The molecule has 5 rings (SSSR count). The molecule has 4 saturated carbocycles. The van der Waals surface area contributed by atoms with Crippen molar-refractivity contribution in [1.82, 2.24) is 0 Å². The van der Waals surface area contributed by atoms with E-state index in [-0.39, 0.29) is 18.2 Å². The normalized spacial score (nSPS) is 34.4. The lowest BCUT2D eigenvalue weighted by Crippen LogP contribution is -2.58. The van der Waals surface area contributed by atoms with Crippen LogP contribution in [0, 0.1) is 23.7 Å². The molecular formula is C22H28O4. The number of esters is 1. The van der Waals surface area contributed by atoms with Crippen LogP contribution in [-0.2, 0) is 9.53 Å². The first-order valence-electron chi connectivity index (χ1n) is 9.67. The van der Waals surface area contributed by atoms with Gasteiger partial charge in [0.25, 0.3) is 0 Å². The summed E-state index contributed by atoms with van der Waals surface area (Å²) in [5.41, 5.74) is 0.628. The summed E-state index contributed by atoms with van der Waals surface area (Å²) in [7, 11) is 1.59. The van der Waals surface area contributed by atoms with E-state index in [2.05, 4.69) is 13.5 Å². The molecule has 4 bridgehead atoms. The third-order valence-corrected chi connectivity index (χ3v) is 6.86. The average Bonchev–Trinajstić information content (AvgIpc) is 2.64. The molecule has 0 heterocycles. The summed E-state index contributed by atoms with van der Waals surface area (Å²) in [6, 6.07) is 5.52. The predicted molar refractivity (Wildman–Crippen MR) is 100 cm³/mol. The van der Waals surface area contributed by atoms with Gasteiger partial charge in [0.1, 0.15) is 5.60 Å². The van der Waals surface area contributed by atoms with Crippen molar-refractivity contribution in [3.63, 3.8) is 0 Å². The van der Waals surface area contributed by atoms with Crippen LogP contribution in [-0.4, -0.2) is 25.3 Å². The van der Waals surface area contributed by atoms with Crippen LogP contribution in [0.2, 0.25) is 0 Å². The molecule has 140 valence electrons. The smallest absolute Gasteiger partial charge is 0.344 e. The number of carbonyl (C=O) groups excluding carboxylic acids is 1. The van der Waals surface area contributed by atoms with Crippen LogP contribution in [0.5, 0.6) is 11.5 Å². The highest BCUT2D eigenvalue weighted by molar-refractivity contribution is 5.72. The first-order valence-corrected chi connectivity index (χ1v) is 9.67. The Morgan fingerprint density at radius 2 is 1.81 bits per heavy atom. The van der Waals surface area contributed by atoms with Crippen LogP contribution in [0.4, 0.5) is 0 Å². The number of methoxy groups -OCH3 is 1. The van der Waals surface area contributed by atoms with E-state index in [0.717, 1.165) is 17.4 Å². The maximum atomic E-state index is 12.5. The number of hydrogen-bond donors (Lipinski definition) is 0. The van der Waals surface area contributed by atoms with Gasteiger partial charge < -0.3 is 14.2 Å². The van der Waals surface area contributed by atoms with Crippen LogP contribution in [0.1, 0.15) is 44.6 Å². The molecule has 0 atom stereocenters. The molecule has 4 fully saturated rings. The molecular weight excluding hydrogens is 328 g/mol. The largest absolute Gasteiger partial charge is 0.493 e. The Hall–Kier alpha value is -1.97. The van der Waals surface area contributed by atoms with Gasteiger partial charge in [-0.3, -0.25) is 0 Å². The number of hydrogen-bond acceptors (Lipinski definition) is 4. The van der Waals surface area contributed by atoms with Crippen LogP contribution in [0.3, 0.4) is 0 Å². The first kappa shape index (κ1) is 17.4. The zero-order valence-electron chi connectivity index (χ0n) is 15.7. The predicted octanol–water partition coefficient (Wildman–Crippen LogP) is 4.48. The highest BCUT2D eigenvalue weighted by atomic mass is 16.6. The fourth-order valence-electron chi connectivity index (χ4n) is 5.63. The fraction of sp³-hybridized carbons (Fsp3) is 0.591. The lowest BCUT2D eigenvalue weighted by atomic mass is 9.50. The minimum Gasteiger partial charge on any atom is -0.493 e. The minimum absolute atomic E-state index is 0.0916. The summed E-state index contributed by atoms with van der Waals surface area (Å²) in [6.45, 7) is 5.81. The number of benzene rings is 1. The molecule has 0 radical (unpaired) electrons. The van der Waals surface area contributed by atoms with E-state index in [1.54, 1.807) is 19.3 Å². The topological polar surface area (TPSA) is 44.8 Å². The van der Waals surface area contributed by atoms with E-state index in [1.807, 2.05) is 12.1 Å². The van der Waals surface area contributed by atoms with Gasteiger partial charge in [0.15, 0.2) is 18.1 Å². The molecule has 0 amide bonds. The van der Waals surface area contributed by atoms with Gasteiger partial charge in [-0.2, -0.15) is 0 Å². The van der Waals surface area contributed by atoms with Gasteiger partial charge in [0.2, 0.25) is 0 Å². The second kappa shape index (κ2) is 6.64. The zero-order valence-corrected chi connectivity index (χ0v) is 15.7. The SMILES string of the molecule is C=Cc1ccc(OCC(=O)OC2(C)C3CC4CC(C3)CC2C4)c(OC)c1. The molecule has 0 aromatic heterocycles. The van der Waals surface area contributed by atoms with Crippen molar-refractivity contribution in [2.75, 3.05) is 13.7 Å². The lowest BCUT2D eigenvalue weighted by molar-refractivity contribution is -0.204. The van der Waals surface area contributed by atoms with Gasteiger partial charge in [-0.15, -0.1) is 0 Å². The Morgan fingerprint density at radius 1 is 1.15 bits per heavy atom. The lowest BCUT2D eigenvalue weighted by Gasteiger charge is -2.59. The van der Waals surface area contributed by atoms with Gasteiger partial charge in [-0.25, -0.2) is 4.79 Å². The number of carbonyl (C=O) groups is 1. The Balaban J connectivity index is 1.39. The van der Waals surface area contributed by atoms with Gasteiger partial charge >= 0.3 is 5.97 Å². The summed E-state index contributed by atoms with van der Waals surface area (Å²) in [4.78, 5) is 12.5. The maximum absolute atomic E-state index is 12.5. The monoisotopic (exact) mass is 356 g/mol. The highest BCUT2D eigenvalue weighted by Crippen LogP contribution is 2.59. The molecule has 1 aromatic rings. The minimum atomic E-state index is -0.315. The van der Waals surface area contributed by atoms with Crippen LogP contribution in [0.15, 0.2) is 24.8 Å². The molecule has 0 aliphatic heterocycles. The van der Waals surface area contributed by atoms with Crippen LogP contribution >= 0.6 is 0 Å². The number of rotatable bonds is 6. The fourth-order valence-corrected chi connectivity index (χ4v) is 5.63. The zero-order chi connectivity index (χ0) is 18.3. The maximum Gasteiger partial charge on any atom is 0.344 e. The third kappa shape index (κ3) is 3.00. The Bertz CT molecular complexity index is 680. The molecule has 0 N–H and O–H groups in total. The van der Waals surface area contributed by atoms with Crippen molar-refractivity contribution in [2.45, 2.75) is 44.6 Å². The Morgan fingerprint density at radius 3 is 2.38 bits per heavy atom. The number of ether oxygens (including phenoxy) is 3. The van der Waals surface area contributed by atoms with Gasteiger partial charge in [0, 0.05) is 0 Å². The standard InChI is InChI=1S/C22H28O4/c1-4-14-5-6-19(20(12-14)24-3)25-13-21(23)26-22(2)17-8-15-7-16(10-17)11-18(22)9-15/h4-6,12,15-18H,1,7-11,13H2,2-3H3. The third-order valence-electron chi connectivity index (χ3n) is 6.86. The van der Waals surface area contributed by atoms with Crippen LogP contribution < -0.4 is 9.47 Å². The van der Waals surface area contributed by atoms with E-state index in [9.17, 15) is 4.79 Å². The van der Waals surface area contributed by atoms with E-state index in [4.69, 9.17) is 14.2 Å². The van der Waals surface area contributed by atoms with E-state index >= 15 is 0 Å². The molecule has 1 aromatic carbocycles. The molecule has 0 saturated heterocycles. The van der Waals surface area contributed by atoms with Crippen molar-refractivity contribution in [2.24, 2.45) is 23.7 Å². The van der Waals surface area contributed by atoms with Gasteiger partial charge in [-0.1, -0.05) is 18.7 Å². The second-order valence-electron chi connectivity index (χ2n) is 8.37. The van der Waals surface area contributed by atoms with Crippen molar-refractivity contribution in [3.8, 4) is 11.5 Å². The molecule has 26 heavy (non-hydrogen) atoms. The van der Waals surface area contributed by atoms with Crippen molar-refractivity contribution >= 4 is 12.0 Å². The summed E-state index contributed by atoms with van der Waals surface area (Å²) in [5.74, 6) is 3.60. The summed E-state index contributed by atoms with van der Waals surface area (Å²) < 4.78 is 17.1. The van der Waals surface area contributed by atoms with Crippen LogP contribution in [0.25, 0.3) is 6.08 Å². The summed E-state index contributed by atoms with van der Waals surface area (Å²) in [6.07, 6.45) is 8.00. The van der Waals surface area contributed by atoms with Gasteiger partial charge in [0.05, 0.1) is 7.11 Å². The van der Waals surface area contributed by atoms with Gasteiger partial charge in [-0.05, 0) is 80.4 Å². The quantitative estimate of drug-likeness (QED) is 0.705. The second-order valence-corrected chi connectivity index (χ2v) is 8.37. The Labute approximate surface area is 155 Å². The molecule has 4 aliphatic rings. The average molecular weight is 356 g/mol. The summed E-state index contributed by atoms with van der Waals surface area (Å²) >= 11 is 0. The van der Waals surface area contributed by atoms with Crippen molar-refractivity contribution in [3.05, 3.63) is 30.3 Å². The van der Waals surface area contributed by atoms with Crippen molar-refractivity contribution < 1.29 is 19.0 Å². The Kier molecular flexibility index (Phi) is 4.45. The molecule has 0 unspecified atom stereocenters. The molecule has 4 nitrogen and oxygen atoms in total. The van der Waals surface area contributed by atoms with E-state index in [1.165, 1.54) is 32.1 Å². The molecule has 0 spiro atoms. The molecule has 4 aliphatic carbocycles. The van der Waals surface area contributed by atoms with E-state index in [0.29, 0.717) is 23.3 Å².